The van der Waals surface area contributed by atoms with Crippen LogP contribution in [0.1, 0.15) is 22.8 Å². The second-order valence-corrected chi connectivity index (χ2v) is 6.48. The molecule has 0 atom stereocenters. The molecule has 0 aliphatic carbocycles. The van der Waals surface area contributed by atoms with E-state index in [4.69, 9.17) is 4.42 Å². The molecule has 128 valence electrons. The number of nitrogens with zero attached hydrogens (tertiary/aromatic N) is 3. The highest BCUT2D eigenvalue weighted by molar-refractivity contribution is 8.03. The van der Waals surface area contributed by atoms with Crippen molar-refractivity contribution in [1.29, 1.82) is 0 Å². The van der Waals surface area contributed by atoms with Crippen LogP contribution in [-0.2, 0) is 4.79 Å². The van der Waals surface area contributed by atoms with E-state index in [0.717, 1.165) is 34.4 Å². The van der Waals surface area contributed by atoms with E-state index in [1.54, 1.807) is 13.0 Å². The van der Waals surface area contributed by atoms with Gasteiger partial charge >= 0.3 is 0 Å². The number of hydrogen-bond donors (Lipinski definition) is 0. The minimum absolute atomic E-state index is 0.0111. The van der Waals surface area contributed by atoms with Crippen molar-refractivity contribution in [2.45, 2.75) is 26.0 Å². The quantitative estimate of drug-likeness (QED) is 0.517. The van der Waals surface area contributed by atoms with Crippen molar-refractivity contribution < 1.29 is 14.3 Å². The number of carboxylic acid groups (broad SMARTS) is 1. The lowest BCUT2D eigenvalue weighted by atomic mass is 10.2. The zero-order valence-electron chi connectivity index (χ0n) is 14.0. The highest BCUT2D eigenvalue weighted by Gasteiger charge is 2.13. The van der Waals surface area contributed by atoms with Crippen LogP contribution in [0, 0.1) is 20.8 Å². The van der Waals surface area contributed by atoms with E-state index in [1.165, 1.54) is 0 Å². The molecule has 0 radical (unpaired) electrons. The summed E-state index contributed by atoms with van der Waals surface area (Å²) >= 11 is 0.882. The summed E-state index contributed by atoms with van der Waals surface area (Å²) in [6.45, 7) is 5.57. The topological polar surface area (TPSA) is 84.0 Å². The minimum Gasteiger partial charge on any atom is -0.544 e. The average molecular weight is 354 g/mol. The van der Waals surface area contributed by atoms with E-state index < -0.39 is 5.97 Å². The average Bonchev–Trinajstić information content (AvgIpc) is 3.11. The van der Waals surface area contributed by atoms with Crippen LogP contribution in [0.5, 0.6) is 0 Å². The first-order valence-corrected chi connectivity index (χ1v) is 8.42. The molecular weight excluding hydrogens is 338 g/mol. The van der Waals surface area contributed by atoms with Crippen molar-refractivity contribution in [3.63, 3.8) is 0 Å². The van der Waals surface area contributed by atoms with E-state index in [2.05, 4.69) is 14.8 Å². The van der Waals surface area contributed by atoms with Crippen LogP contribution >= 0.6 is 11.8 Å². The maximum absolute atomic E-state index is 11.5. The Morgan fingerprint density at radius 1 is 1.20 bits per heavy atom. The number of hydrogen-bond acceptors (Lipinski definition) is 6. The molecule has 0 N–H and O–H groups in total. The van der Waals surface area contributed by atoms with Gasteiger partial charge in [-0.15, -0.1) is 10.2 Å². The van der Waals surface area contributed by atoms with Gasteiger partial charge in [0.25, 0.3) is 5.22 Å². The van der Waals surface area contributed by atoms with Crippen LogP contribution < -0.4 is 5.11 Å². The zero-order valence-corrected chi connectivity index (χ0v) is 14.8. The number of aryl methyl sites for hydroxylation is 2. The van der Waals surface area contributed by atoms with Crippen LogP contribution in [0.25, 0.3) is 11.8 Å². The van der Waals surface area contributed by atoms with Crippen molar-refractivity contribution in [2.75, 3.05) is 0 Å². The van der Waals surface area contributed by atoms with E-state index in [9.17, 15) is 9.90 Å². The van der Waals surface area contributed by atoms with E-state index >= 15 is 0 Å². The summed E-state index contributed by atoms with van der Waals surface area (Å²) in [5, 5.41) is 19.2. The fraction of sp³-hybridized carbons (Fsp3) is 0.167. The van der Waals surface area contributed by atoms with Gasteiger partial charge in [0.15, 0.2) is 0 Å². The van der Waals surface area contributed by atoms with Gasteiger partial charge < -0.3 is 18.9 Å². The predicted molar refractivity (Wildman–Crippen MR) is 93.1 cm³/mol. The SMILES string of the molecule is Cc1nnc(S/C(=C\c2cc(C)n(-c3ccccc3)c2C)C(=O)[O-])o1. The third kappa shape index (κ3) is 3.66. The fourth-order valence-electron chi connectivity index (χ4n) is 2.59. The molecule has 0 aliphatic heterocycles. The summed E-state index contributed by atoms with van der Waals surface area (Å²) in [6, 6.07) is 11.8. The maximum atomic E-state index is 11.5. The Morgan fingerprint density at radius 3 is 2.52 bits per heavy atom. The van der Waals surface area contributed by atoms with Gasteiger partial charge in [0.1, 0.15) is 0 Å². The molecule has 0 bridgehead atoms. The molecule has 25 heavy (non-hydrogen) atoms. The number of para-hydroxylation sites is 1. The number of rotatable bonds is 5. The molecule has 0 saturated carbocycles. The van der Waals surface area contributed by atoms with Gasteiger partial charge in [-0.25, -0.2) is 0 Å². The molecule has 7 heteroatoms. The van der Waals surface area contributed by atoms with Gasteiger partial charge in [0.05, 0.1) is 5.97 Å². The first kappa shape index (κ1) is 17.0. The second-order valence-electron chi connectivity index (χ2n) is 5.48. The molecule has 0 fully saturated rings. The number of aliphatic carboxylic acids is 1. The van der Waals surface area contributed by atoms with E-state index in [0.29, 0.717) is 5.89 Å². The number of carbonyl (C=O) groups is 1. The number of benzene rings is 1. The van der Waals surface area contributed by atoms with Gasteiger partial charge in [-0.1, -0.05) is 18.2 Å². The third-order valence-electron chi connectivity index (χ3n) is 3.68. The molecule has 0 spiro atoms. The van der Waals surface area contributed by atoms with Crippen molar-refractivity contribution in [3.8, 4) is 5.69 Å². The summed E-state index contributed by atoms with van der Waals surface area (Å²) in [6.07, 6.45) is 1.57. The molecule has 0 aliphatic rings. The highest BCUT2D eigenvalue weighted by atomic mass is 32.2. The lowest BCUT2D eigenvalue weighted by Gasteiger charge is -2.09. The molecule has 3 rings (SSSR count). The number of carbonyl (C=O) groups excluding carboxylic acids is 1. The van der Waals surface area contributed by atoms with Crippen molar-refractivity contribution in [1.82, 2.24) is 14.8 Å². The molecule has 0 unspecified atom stereocenters. The van der Waals surface area contributed by atoms with Crippen LogP contribution in [0.15, 0.2) is 50.9 Å². The van der Waals surface area contributed by atoms with Gasteiger partial charge in [-0.2, -0.15) is 0 Å². The Labute approximate surface area is 149 Å². The third-order valence-corrected chi connectivity index (χ3v) is 4.52. The number of aromatic nitrogens is 3. The molecule has 0 saturated heterocycles. The van der Waals surface area contributed by atoms with E-state index in [-0.39, 0.29) is 10.1 Å². The zero-order chi connectivity index (χ0) is 18.0. The predicted octanol–water partition coefficient (Wildman–Crippen LogP) is 2.67. The van der Waals surface area contributed by atoms with Crippen molar-refractivity contribution in [2.24, 2.45) is 0 Å². The molecule has 2 aromatic heterocycles. The first-order valence-electron chi connectivity index (χ1n) is 7.61. The van der Waals surface area contributed by atoms with Crippen molar-refractivity contribution >= 4 is 23.8 Å². The highest BCUT2D eigenvalue weighted by Crippen LogP contribution is 2.29. The maximum Gasteiger partial charge on any atom is 0.281 e. The Kier molecular flexibility index (Phi) is 4.76. The van der Waals surface area contributed by atoms with Gasteiger partial charge in [-0.3, -0.25) is 0 Å². The van der Waals surface area contributed by atoms with Gasteiger partial charge in [-0.05, 0) is 55.4 Å². The summed E-state index contributed by atoms with van der Waals surface area (Å²) in [5.74, 6) is -0.909. The smallest absolute Gasteiger partial charge is 0.281 e. The number of thioether (sulfide) groups is 1. The molecule has 0 amide bonds. The lowest BCUT2D eigenvalue weighted by molar-refractivity contribution is -0.298. The second kappa shape index (κ2) is 6.98. The minimum atomic E-state index is -1.29. The van der Waals surface area contributed by atoms with Crippen molar-refractivity contribution in [3.05, 3.63) is 64.1 Å². The Balaban J connectivity index is 2.00. The Bertz CT molecular complexity index is 942. The van der Waals surface area contributed by atoms with E-state index in [1.807, 2.05) is 50.2 Å². The number of carboxylic acids is 1. The normalized spacial score (nSPS) is 11.7. The molecule has 3 aromatic rings. The largest absolute Gasteiger partial charge is 0.544 e. The summed E-state index contributed by atoms with van der Waals surface area (Å²) in [7, 11) is 0. The first-order chi connectivity index (χ1) is 12.0. The fourth-order valence-corrected chi connectivity index (χ4v) is 3.29. The van der Waals surface area contributed by atoms with Crippen LogP contribution in [-0.4, -0.2) is 20.7 Å². The van der Waals surface area contributed by atoms with Crippen LogP contribution in [0.4, 0.5) is 0 Å². The standard InChI is InChI=1S/C18H17N3O3S/c1-11-9-14(12(2)21(11)15-7-5-4-6-8-15)10-16(17(22)23)25-18-20-19-13(3)24-18/h4-10H,1-3H3,(H,22,23)/p-1/b16-10-. The monoisotopic (exact) mass is 354 g/mol. The summed E-state index contributed by atoms with van der Waals surface area (Å²) in [5.41, 5.74) is 3.76. The molecule has 2 heterocycles. The van der Waals surface area contributed by atoms with Gasteiger partial charge in [0.2, 0.25) is 5.89 Å². The molecule has 6 nitrogen and oxygen atoms in total. The Morgan fingerprint density at radius 2 is 1.92 bits per heavy atom. The summed E-state index contributed by atoms with van der Waals surface area (Å²) < 4.78 is 7.30. The Hall–Kier alpha value is -2.80. The van der Waals surface area contributed by atoms with Crippen LogP contribution in [0.3, 0.4) is 0 Å². The lowest BCUT2D eigenvalue weighted by Crippen LogP contribution is -2.23. The molecule has 1 aromatic carbocycles. The summed E-state index contributed by atoms with van der Waals surface area (Å²) in [4.78, 5) is 11.5. The molecular formula is C18H16N3O3S-. The van der Waals surface area contributed by atoms with Crippen LogP contribution in [0.2, 0.25) is 0 Å². The van der Waals surface area contributed by atoms with Gasteiger partial charge in [0, 0.05) is 28.9 Å².